The van der Waals surface area contributed by atoms with Crippen molar-refractivity contribution in [3.63, 3.8) is 0 Å². The smallest absolute Gasteiger partial charge is 0.306 e. The number of hydrogen-bond donors (Lipinski definition) is 0. The van der Waals surface area contributed by atoms with Gasteiger partial charge in [-0.3, -0.25) is 14.4 Å². The number of allylic oxidation sites excluding steroid dienone is 18. The van der Waals surface area contributed by atoms with E-state index in [0.29, 0.717) is 19.3 Å². The predicted molar refractivity (Wildman–Crippen MR) is 330 cm³/mol. The normalized spacial score (nSPS) is 12.8. The molecule has 0 amide bonds. The van der Waals surface area contributed by atoms with E-state index in [4.69, 9.17) is 14.2 Å². The summed E-state index contributed by atoms with van der Waals surface area (Å²) in [6.45, 7) is 6.44. The van der Waals surface area contributed by atoms with Crippen LogP contribution in [0.1, 0.15) is 297 Å². The topological polar surface area (TPSA) is 78.9 Å². The van der Waals surface area contributed by atoms with E-state index in [1.165, 1.54) is 135 Å². The molecule has 76 heavy (non-hydrogen) atoms. The van der Waals surface area contributed by atoms with E-state index in [-0.39, 0.29) is 31.1 Å². The summed E-state index contributed by atoms with van der Waals surface area (Å²) in [5.74, 6) is -0.899. The lowest BCUT2D eigenvalue weighted by Gasteiger charge is -2.18. The van der Waals surface area contributed by atoms with Gasteiger partial charge in [0.2, 0.25) is 0 Å². The third-order valence-electron chi connectivity index (χ3n) is 13.5. The average molecular weight is 1060 g/mol. The maximum atomic E-state index is 12.8. The minimum Gasteiger partial charge on any atom is -0.462 e. The van der Waals surface area contributed by atoms with Crippen molar-refractivity contribution in [3.05, 3.63) is 109 Å². The molecule has 0 aromatic rings. The molecular formula is C70H118O6. The number of carbonyl (C=O) groups excluding carboxylic acids is 3. The minimum atomic E-state index is -0.782. The van der Waals surface area contributed by atoms with Gasteiger partial charge in [0.15, 0.2) is 6.10 Å². The largest absolute Gasteiger partial charge is 0.462 e. The Bertz CT molecular complexity index is 1540. The van der Waals surface area contributed by atoms with Gasteiger partial charge in [-0.1, -0.05) is 278 Å². The van der Waals surface area contributed by atoms with Gasteiger partial charge < -0.3 is 14.2 Å². The Hall–Kier alpha value is -3.93. The SMILES string of the molecule is CC/C=C\C/C=C\C/C=C\C/C=C\C/C=C\C/C=C\CCCCCCCCCCCCCCCCC(=O)OCC(COC(=O)CCCCCCCC)OC(=O)CCCCCCCC/C=C\C/C=C\C/C=C\CCCCC. The summed E-state index contributed by atoms with van der Waals surface area (Å²) in [4.78, 5) is 38.0. The van der Waals surface area contributed by atoms with Crippen LogP contribution in [-0.4, -0.2) is 37.2 Å². The summed E-state index contributed by atoms with van der Waals surface area (Å²) >= 11 is 0. The van der Waals surface area contributed by atoms with Gasteiger partial charge >= 0.3 is 17.9 Å². The molecule has 0 spiro atoms. The van der Waals surface area contributed by atoms with Crippen molar-refractivity contribution in [2.75, 3.05) is 13.2 Å². The van der Waals surface area contributed by atoms with Gasteiger partial charge in [-0.15, -0.1) is 0 Å². The quantitative estimate of drug-likeness (QED) is 0.0261. The summed E-state index contributed by atoms with van der Waals surface area (Å²) in [5.41, 5.74) is 0. The molecule has 0 radical (unpaired) electrons. The van der Waals surface area contributed by atoms with Crippen LogP contribution in [0.15, 0.2) is 109 Å². The average Bonchev–Trinajstić information content (AvgIpc) is 3.42. The summed E-state index contributed by atoms with van der Waals surface area (Å²) in [5, 5.41) is 0. The fraction of sp³-hybridized carbons (Fsp3) is 0.700. The number of rotatable bonds is 57. The first kappa shape index (κ1) is 72.1. The molecule has 1 atom stereocenters. The van der Waals surface area contributed by atoms with Crippen LogP contribution in [0.4, 0.5) is 0 Å². The van der Waals surface area contributed by atoms with E-state index in [1.54, 1.807) is 0 Å². The third kappa shape index (κ3) is 60.9. The maximum Gasteiger partial charge on any atom is 0.306 e. The van der Waals surface area contributed by atoms with E-state index in [9.17, 15) is 14.4 Å². The molecule has 0 bridgehead atoms. The molecule has 0 fully saturated rings. The molecule has 0 aromatic heterocycles. The Morgan fingerprint density at radius 2 is 0.513 bits per heavy atom. The van der Waals surface area contributed by atoms with Gasteiger partial charge in [0.05, 0.1) is 0 Å². The van der Waals surface area contributed by atoms with Crippen molar-refractivity contribution < 1.29 is 28.6 Å². The Morgan fingerprint density at radius 3 is 0.829 bits per heavy atom. The predicted octanol–water partition coefficient (Wildman–Crippen LogP) is 21.8. The highest BCUT2D eigenvalue weighted by atomic mass is 16.6. The molecule has 0 aliphatic rings. The van der Waals surface area contributed by atoms with E-state index in [2.05, 4.69) is 130 Å². The Morgan fingerprint density at radius 1 is 0.276 bits per heavy atom. The van der Waals surface area contributed by atoms with E-state index < -0.39 is 6.10 Å². The van der Waals surface area contributed by atoms with Crippen molar-refractivity contribution >= 4 is 17.9 Å². The third-order valence-corrected chi connectivity index (χ3v) is 13.5. The molecule has 0 aromatic carbocycles. The lowest BCUT2D eigenvalue weighted by Crippen LogP contribution is -2.30. The van der Waals surface area contributed by atoms with E-state index in [1.807, 2.05) is 0 Å². The summed E-state index contributed by atoms with van der Waals surface area (Å²) < 4.78 is 16.8. The zero-order chi connectivity index (χ0) is 55.0. The number of carbonyl (C=O) groups is 3. The van der Waals surface area contributed by atoms with Gasteiger partial charge in [-0.05, 0) is 109 Å². The van der Waals surface area contributed by atoms with Gasteiger partial charge in [0, 0.05) is 19.3 Å². The number of hydrogen-bond acceptors (Lipinski definition) is 6. The molecule has 434 valence electrons. The highest BCUT2D eigenvalue weighted by Gasteiger charge is 2.19. The molecule has 6 nitrogen and oxygen atoms in total. The molecule has 0 heterocycles. The van der Waals surface area contributed by atoms with Crippen LogP contribution in [0.25, 0.3) is 0 Å². The summed E-state index contributed by atoms with van der Waals surface area (Å²) in [6.07, 6.45) is 87.0. The van der Waals surface area contributed by atoms with Crippen LogP contribution < -0.4 is 0 Å². The molecule has 0 saturated carbocycles. The fourth-order valence-electron chi connectivity index (χ4n) is 8.75. The molecule has 0 rings (SSSR count). The van der Waals surface area contributed by atoms with E-state index in [0.717, 1.165) is 122 Å². The van der Waals surface area contributed by atoms with Crippen LogP contribution in [-0.2, 0) is 28.6 Å². The summed E-state index contributed by atoms with van der Waals surface area (Å²) in [7, 11) is 0. The lowest BCUT2D eigenvalue weighted by atomic mass is 10.0. The Kier molecular flexibility index (Phi) is 60.3. The van der Waals surface area contributed by atoms with Gasteiger partial charge in [-0.25, -0.2) is 0 Å². The molecule has 0 aliphatic carbocycles. The fourth-order valence-corrected chi connectivity index (χ4v) is 8.75. The second-order valence-electron chi connectivity index (χ2n) is 20.9. The highest BCUT2D eigenvalue weighted by Crippen LogP contribution is 2.16. The molecule has 1 unspecified atom stereocenters. The maximum absolute atomic E-state index is 12.8. The van der Waals surface area contributed by atoms with Crippen LogP contribution in [0.5, 0.6) is 0 Å². The van der Waals surface area contributed by atoms with Crippen LogP contribution in [0.2, 0.25) is 0 Å². The Balaban J connectivity index is 4.06. The Labute approximate surface area is 470 Å². The van der Waals surface area contributed by atoms with Crippen LogP contribution >= 0.6 is 0 Å². The van der Waals surface area contributed by atoms with Gasteiger partial charge in [0.1, 0.15) is 13.2 Å². The second kappa shape index (κ2) is 63.6. The van der Waals surface area contributed by atoms with Crippen molar-refractivity contribution in [2.24, 2.45) is 0 Å². The number of unbranched alkanes of at least 4 members (excludes halogenated alkanes) is 28. The zero-order valence-corrected chi connectivity index (χ0v) is 49.7. The molecule has 0 aliphatic heterocycles. The monoisotopic (exact) mass is 1050 g/mol. The first-order valence-corrected chi connectivity index (χ1v) is 31.9. The van der Waals surface area contributed by atoms with Crippen LogP contribution in [0.3, 0.4) is 0 Å². The van der Waals surface area contributed by atoms with Crippen molar-refractivity contribution in [1.82, 2.24) is 0 Å². The number of esters is 3. The van der Waals surface area contributed by atoms with Gasteiger partial charge in [-0.2, -0.15) is 0 Å². The first-order valence-electron chi connectivity index (χ1n) is 31.9. The zero-order valence-electron chi connectivity index (χ0n) is 49.7. The molecule has 0 saturated heterocycles. The standard InChI is InChI=1S/C70H118O6/c1-4-7-10-13-16-18-20-22-24-26-28-29-30-31-32-33-34-35-36-37-38-39-40-41-43-44-46-48-50-52-54-57-60-63-69(72)75-66-67(65-74-68(71)62-59-56-15-12-9-6-3)76-70(73)64-61-58-55-53-51-49-47-45-42-27-25-23-21-19-17-14-11-8-5-2/h7,10,16-19,22-25,28-29,31-32,34-35,42,45,67H,4-6,8-9,11-15,20-21,26-27,30,33,36-41,43-44,46-66H2,1-3H3/b10-7-,18-16-,19-17-,24-22-,25-23-,29-28-,32-31-,35-34-,45-42-. The highest BCUT2D eigenvalue weighted by molar-refractivity contribution is 5.71. The molecule has 6 heteroatoms. The van der Waals surface area contributed by atoms with Crippen molar-refractivity contribution in [3.8, 4) is 0 Å². The molecule has 0 N–H and O–H groups in total. The van der Waals surface area contributed by atoms with E-state index >= 15 is 0 Å². The first-order chi connectivity index (χ1) is 37.5. The second-order valence-corrected chi connectivity index (χ2v) is 20.9. The lowest BCUT2D eigenvalue weighted by molar-refractivity contribution is -0.167. The number of ether oxygens (including phenoxy) is 3. The molecular weight excluding hydrogens is 937 g/mol. The summed E-state index contributed by atoms with van der Waals surface area (Å²) in [6, 6.07) is 0. The van der Waals surface area contributed by atoms with Crippen molar-refractivity contribution in [2.45, 2.75) is 303 Å². The minimum absolute atomic E-state index is 0.0821. The van der Waals surface area contributed by atoms with Gasteiger partial charge in [0.25, 0.3) is 0 Å². The van der Waals surface area contributed by atoms with Crippen LogP contribution in [0, 0.1) is 0 Å². The van der Waals surface area contributed by atoms with Crippen molar-refractivity contribution in [1.29, 1.82) is 0 Å².